The van der Waals surface area contributed by atoms with Gasteiger partial charge in [0.1, 0.15) is 22.4 Å². The average Bonchev–Trinajstić information content (AvgIpc) is 3.41. The molecule has 1 aromatic carbocycles. The van der Waals surface area contributed by atoms with Crippen LogP contribution >= 0.6 is 22.7 Å². The van der Waals surface area contributed by atoms with Crippen LogP contribution in [0.25, 0.3) is 16.1 Å². The predicted octanol–water partition coefficient (Wildman–Crippen LogP) is 6.21. The Morgan fingerprint density at radius 3 is 2.55 bits per heavy atom. The summed E-state index contributed by atoms with van der Waals surface area (Å²) < 4.78 is 0. The number of aliphatic hydroxyl groups excluding tert-OH is 1. The highest BCUT2D eigenvalue weighted by Gasteiger charge is 2.18. The van der Waals surface area contributed by atoms with Gasteiger partial charge in [-0.2, -0.15) is 5.26 Å². The Labute approximate surface area is 180 Å². The first-order chi connectivity index (χ1) is 14.0. The number of aryl methyl sites for hydroxylation is 1. The number of aliphatic hydroxyl groups is 1. The first-order valence-corrected chi connectivity index (χ1v) is 11.4. The fourth-order valence-electron chi connectivity index (χ4n) is 3.16. The van der Waals surface area contributed by atoms with Gasteiger partial charge in [0.25, 0.3) is 0 Å². The number of nitriles is 1. The molecular weight excluding hydrogens is 398 g/mol. The zero-order valence-electron chi connectivity index (χ0n) is 16.8. The van der Waals surface area contributed by atoms with E-state index in [1.54, 1.807) is 11.3 Å². The molecule has 2 heterocycles. The van der Waals surface area contributed by atoms with Gasteiger partial charge in [-0.15, -0.1) is 22.7 Å². The highest BCUT2D eigenvalue weighted by atomic mass is 32.1. The molecule has 0 fully saturated rings. The van der Waals surface area contributed by atoms with Gasteiger partial charge in [-0.1, -0.05) is 51.1 Å². The minimum atomic E-state index is 0.0235. The van der Waals surface area contributed by atoms with E-state index in [0.717, 1.165) is 17.0 Å². The molecule has 150 valence electrons. The molecule has 0 aliphatic heterocycles. The van der Waals surface area contributed by atoms with Crippen LogP contribution < -0.4 is 5.32 Å². The maximum atomic E-state index is 10.6. The van der Waals surface area contributed by atoms with Crippen LogP contribution in [0.1, 0.15) is 42.9 Å². The topological polar surface area (TPSA) is 68.9 Å². The lowest BCUT2D eigenvalue weighted by atomic mass is 9.95. The molecule has 29 heavy (non-hydrogen) atoms. The first-order valence-electron chi connectivity index (χ1n) is 9.67. The van der Waals surface area contributed by atoms with Crippen molar-refractivity contribution in [3.8, 4) is 16.6 Å². The lowest BCUT2D eigenvalue weighted by molar-refractivity contribution is 0.356. The van der Waals surface area contributed by atoms with E-state index >= 15 is 0 Å². The molecular formula is C23H25N3OS2. The molecule has 6 heteroatoms. The molecule has 0 bridgehead atoms. The molecule has 3 rings (SSSR count). The molecule has 2 N–H and O–H groups in total. The number of nitrogens with one attached hydrogen (secondary N) is 1. The van der Waals surface area contributed by atoms with Gasteiger partial charge in [-0.05, 0) is 34.9 Å². The van der Waals surface area contributed by atoms with Gasteiger partial charge in [0.2, 0.25) is 0 Å². The Hall–Kier alpha value is -2.46. The minimum absolute atomic E-state index is 0.0235. The van der Waals surface area contributed by atoms with Gasteiger partial charge in [0.05, 0.1) is 17.1 Å². The Kier molecular flexibility index (Phi) is 7.21. The Bertz CT molecular complexity index is 996. The number of benzene rings is 1. The molecule has 1 unspecified atom stereocenters. The van der Waals surface area contributed by atoms with Gasteiger partial charge in [0.15, 0.2) is 0 Å². The Morgan fingerprint density at radius 1 is 1.21 bits per heavy atom. The van der Waals surface area contributed by atoms with Crippen LogP contribution in [-0.4, -0.2) is 16.6 Å². The van der Waals surface area contributed by atoms with Crippen molar-refractivity contribution in [1.29, 1.82) is 5.26 Å². The van der Waals surface area contributed by atoms with Gasteiger partial charge in [-0.25, -0.2) is 4.98 Å². The Morgan fingerprint density at radius 2 is 1.97 bits per heavy atom. The van der Waals surface area contributed by atoms with Crippen LogP contribution in [0.3, 0.4) is 0 Å². The second-order valence-corrected chi connectivity index (χ2v) is 8.95. The quantitative estimate of drug-likeness (QED) is 0.334. The van der Waals surface area contributed by atoms with E-state index in [-0.39, 0.29) is 23.9 Å². The van der Waals surface area contributed by atoms with E-state index in [1.807, 2.05) is 22.9 Å². The first kappa shape index (κ1) is 21.3. The zero-order chi connectivity index (χ0) is 20.8. The molecule has 0 saturated heterocycles. The number of hydrogen-bond donors (Lipinski definition) is 2. The van der Waals surface area contributed by atoms with Gasteiger partial charge < -0.3 is 10.4 Å². The van der Waals surface area contributed by atoms with Gasteiger partial charge >= 0.3 is 0 Å². The van der Waals surface area contributed by atoms with Crippen molar-refractivity contribution in [1.82, 2.24) is 10.3 Å². The lowest BCUT2D eigenvalue weighted by Crippen LogP contribution is -2.28. The second-order valence-electron chi connectivity index (χ2n) is 7.15. The SMILES string of the molecule is CCc1ccc(C(NC/C(O)=C(\C#N)c2nc(-c3cccs3)cs2)C(C)C)cc1. The van der Waals surface area contributed by atoms with Crippen molar-refractivity contribution in [3.05, 3.63) is 69.1 Å². The zero-order valence-corrected chi connectivity index (χ0v) is 18.5. The molecule has 2 aromatic heterocycles. The summed E-state index contributed by atoms with van der Waals surface area (Å²) in [7, 11) is 0. The summed E-state index contributed by atoms with van der Waals surface area (Å²) in [6.45, 7) is 6.65. The van der Waals surface area contributed by atoms with Crippen LogP contribution in [0, 0.1) is 17.2 Å². The molecule has 1 atom stereocenters. The third kappa shape index (κ3) is 5.13. The number of aromatic nitrogens is 1. The predicted molar refractivity (Wildman–Crippen MR) is 122 cm³/mol. The van der Waals surface area contributed by atoms with E-state index in [0.29, 0.717) is 10.9 Å². The maximum absolute atomic E-state index is 10.6. The van der Waals surface area contributed by atoms with Gasteiger partial charge in [0, 0.05) is 11.4 Å². The summed E-state index contributed by atoms with van der Waals surface area (Å²) in [5.74, 6) is 0.363. The standard InChI is InChI=1S/C23H25N3OS2/c1-4-16-7-9-17(10-8-16)22(15(2)3)25-13-20(27)18(12-24)23-26-19(14-29-23)21-6-5-11-28-21/h5-11,14-15,22,25,27H,4,13H2,1-3H3/b20-18-. The number of allylic oxidation sites excluding steroid dienone is 1. The molecule has 3 aromatic rings. The maximum Gasteiger partial charge on any atom is 0.138 e. The fraction of sp³-hybridized carbons (Fsp3) is 0.304. The van der Waals surface area contributed by atoms with E-state index in [2.05, 4.69) is 61.4 Å². The van der Waals surface area contributed by atoms with Crippen molar-refractivity contribution >= 4 is 28.2 Å². The smallest absolute Gasteiger partial charge is 0.138 e. The molecule has 0 radical (unpaired) electrons. The number of thiazole rings is 1. The third-order valence-corrected chi connectivity index (χ3v) is 6.55. The number of nitrogens with zero attached hydrogens (tertiary/aromatic N) is 2. The van der Waals surface area contributed by atoms with E-state index in [1.165, 1.54) is 22.5 Å². The van der Waals surface area contributed by atoms with Crippen LogP contribution in [0.15, 0.2) is 52.9 Å². The van der Waals surface area contributed by atoms with Crippen LogP contribution in [0.4, 0.5) is 0 Å². The van der Waals surface area contributed by atoms with E-state index in [4.69, 9.17) is 0 Å². The van der Waals surface area contributed by atoms with Crippen LogP contribution in [0.5, 0.6) is 0 Å². The van der Waals surface area contributed by atoms with Crippen molar-refractivity contribution in [2.45, 2.75) is 33.2 Å². The van der Waals surface area contributed by atoms with Gasteiger partial charge in [-0.3, -0.25) is 0 Å². The summed E-state index contributed by atoms with van der Waals surface area (Å²) >= 11 is 2.98. The van der Waals surface area contributed by atoms with E-state index < -0.39 is 0 Å². The van der Waals surface area contributed by atoms with E-state index in [9.17, 15) is 10.4 Å². The summed E-state index contributed by atoms with van der Waals surface area (Å²) in [6.07, 6.45) is 1.01. The highest BCUT2D eigenvalue weighted by Crippen LogP contribution is 2.30. The number of rotatable bonds is 8. The molecule has 4 nitrogen and oxygen atoms in total. The molecule has 0 saturated carbocycles. The number of hydrogen-bond acceptors (Lipinski definition) is 6. The Balaban J connectivity index is 1.77. The van der Waals surface area contributed by atoms with Crippen LogP contribution in [0.2, 0.25) is 0 Å². The molecule has 0 aliphatic rings. The third-order valence-electron chi connectivity index (χ3n) is 4.80. The summed E-state index contributed by atoms with van der Waals surface area (Å²) in [6, 6.07) is 14.7. The van der Waals surface area contributed by atoms with Crippen molar-refractivity contribution in [2.75, 3.05) is 6.54 Å². The second kappa shape index (κ2) is 9.84. The largest absolute Gasteiger partial charge is 0.509 e. The molecule has 0 aliphatic carbocycles. The summed E-state index contributed by atoms with van der Waals surface area (Å²) in [4.78, 5) is 5.60. The van der Waals surface area contributed by atoms with Crippen molar-refractivity contribution in [3.63, 3.8) is 0 Å². The van der Waals surface area contributed by atoms with Crippen LogP contribution in [-0.2, 0) is 6.42 Å². The molecule has 0 amide bonds. The monoisotopic (exact) mass is 423 g/mol. The highest BCUT2D eigenvalue weighted by molar-refractivity contribution is 7.14. The normalized spacial score (nSPS) is 13.2. The fourth-order valence-corrected chi connectivity index (χ4v) is 4.75. The molecule has 0 spiro atoms. The van der Waals surface area contributed by atoms with Crippen molar-refractivity contribution < 1.29 is 5.11 Å². The summed E-state index contributed by atoms with van der Waals surface area (Å²) in [5.41, 5.74) is 3.55. The lowest BCUT2D eigenvalue weighted by Gasteiger charge is -2.23. The average molecular weight is 424 g/mol. The van der Waals surface area contributed by atoms with Crippen molar-refractivity contribution in [2.24, 2.45) is 5.92 Å². The minimum Gasteiger partial charge on any atom is -0.509 e. The summed E-state index contributed by atoms with van der Waals surface area (Å²) in [5, 5.41) is 28.1. The number of thiophene rings is 1.